The molecule has 2 rings (SSSR count). The van der Waals surface area contributed by atoms with Crippen LogP contribution in [0, 0.1) is 5.92 Å². The van der Waals surface area contributed by atoms with E-state index in [2.05, 4.69) is 43.0 Å². The largest absolute Gasteiger partial charge is 0.330 e. The van der Waals surface area contributed by atoms with E-state index in [1.54, 1.807) is 0 Å². The normalized spacial score (nSPS) is 24.6. The summed E-state index contributed by atoms with van der Waals surface area (Å²) in [5.74, 6) is 0.619. The third-order valence-electron chi connectivity index (χ3n) is 4.43. The fourth-order valence-corrected chi connectivity index (χ4v) is 3.53. The number of hydrogen-bond acceptors (Lipinski definition) is 2. The quantitative estimate of drug-likeness (QED) is 0.879. The van der Waals surface area contributed by atoms with Crippen molar-refractivity contribution in [2.75, 3.05) is 19.6 Å². The van der Waals surface area contributed by atoms with Gasteiger partial charge in [-0.1, -0.05) is 38.1 Å². The summed E-state index contributed by atoms with van der Waals surface area (Å²) in [5, 5.41) is 0. The van der Waals surface area contributed by atoms with Gasteiger partial charge in [-0.2, -0.15) is 0 Å². The Morgan fingerprint density at radius 1 is 1.26 bits per heavy atom. The molecule has 1 aromatic carbocycles. The number of hydrogen-bond donors (Lipinski definition) is 1. The minimum Gasteiger partial charge on any atom is -0.330 e. The fourth-order valence-electron chi connectivity index (χ4n) is 3.53. The van der Waals surface area contributed by atoms with Crippen LogP contribution in [0.25, 0.3) is 0 Å². The lowest BCUT2D eigenvalue weighted by molar-refractivity contribution is 0.0954. The number of rotatable bonds is 5. The second kappa shape index (κ2) is 7.06. The standard InChI is InChI=1S/C17H28N2/c1-3-11-19-12-7-9-15(13-18)17(19)16-10-6-5-8-14(16)4-2/h5-6,8,10,15,17H,3-4,7,9,11-13,18H2,1-2H3. The topological polar surface area (TPSA) is 29.3 Å². The van der Waals surface area contributed by atoms with Crippen LogP contribution in [0.4, 0.5) is 0 Å². The predicted molar refractivity (Wildman–Crippen MR) is 82.2 cm³/mol. The van der Waals surface area contributed by atoms with Crippen LogP contribution in [0.2, 0.25) is 0 Å². The lowest BCUT2D eigenvalue weighted by atomic mass is 9.82. The highest BCUT2D eigenvalue weighted by Gasteiger charge is 2.32. The van der Waals surface area contributed by atoms with E-state index >= 15 is 0 Å². The van der Waals surface area contributed by atoms with Gasteiger partial charge in [0.05, 0.1) is 0 Å². The van der Waals surface area contributed by atoms with Gasteiger partial charge in [-0.15, -0.1) is 0 Å². The molecule has 1 aliphatic rings. The summed E-state index contributed by atoms with van der Waals surface area (Å²) >= 11 is 0. The van der Waals surface area contributed by atoms with E-state index in [0.29, 0.717) is 12.0 Å². The molecule has 1 saturated heterocycles. The van der Waals surface area contributed by atoms with Crippen molar-refractivity contribution in [1.29, 1.82) is 0 Å². The summed E-state index contributed by atoms with van der Waals surface area (Å²) in [7, 11) is 0. The molecule has 1 aliphatic heterocycles. The van der Waals surface area contributed by atoms with Crippen LogP contribution in [-0.4, -0.2) is 24.5 Å². The average Bonchev–Trinajstić information content (AvgIpc) is 2.47. The molecule has 19 heavy (non-hydrogen) atoms. The lowest BCUT2D eigenvalue weighted by Crippen LogP contribution is -2.42. The summed E-state index contributed by atoms with van der Waals surface area (Å²) in [6.45, 7) is 7.76. The van der Waals surface area contributed by atoms with Gasteiger partial charge in [-0.05, 0) is 62.4 Å². The minimum atomic E-state index is 0.537. The maximum atomic E-state index is 6.05. The molecule has 1 fully saturated rings. The Morgan fingerprint density at radius 3 is 2.74 bits per heavy atom. The Hall–Kier alpha value is -0.860. The first-order chi connectivity index (χ1) is 9.31. The van der Waals surface area contributed by atoms with Crippen LogP contribution >= 0.6 is 0 Å². The Kier molecular flexibility index (Phi) is 5.41. The van der Waals surface area contributed by atoms with Gasteiger partial charge < -0.3 is 5.73 Å². The molecule has 1 heterocycles. The number of nitrogens with zero attached hydrogens (tertiary/aromatic N) is 1. The third-order valence-corrected chi connectivity index (χ3v) is 4.43. The Balaban J connectivity index is 2.33. The second-order valence-corrected chi connectivity index (χ2v) is 5.67. The zero-order valence-corrected chi connectivity index (χ0v) is 12.4. The van der Waals surface area contributed by atoms with Gasteiger partial charge in [0.1, 0.15) is 0 Å². The summed E-state index contributed by atoms with van der Waals surface area (Å²) in [5.41, 5.74) is 9.07. The van der Waals surface area contributed by atoms with Gasteiger partial charge in [0.2, 0.25) is 0 Å². The Morgan fingerprint density at radius 2 is 2.05 bits per heavy atom. The van der Waals surface area contributed by atoms with Crippen molar-refractivity contribution in [3.8, 4) is 0 Å². The van der Waals surface area contributed by atoms with E-state index in [1.165, 1.54) is 43.5 Å². The number of likely N-dealkylation sites (tertiary alicyclic amines) is 1. The van der Waals surface area contributed by atoms with E-state index in [-0.39, 0.29) is 0 Å². The zero-order valence-electron chi connectivity index (χ0n) is 12.4. The van der Waals surface area contributed by atoms with Crippen LogP contribution in [-0.2, 0) is 6.42 Å². The van der Waals surface area contributed by atoms with Gasteiger partial charge in [-0.25, -0.2) is 0 Å². The van der Waals surface area contributed by atoms with Crippen molar-refractivity contribution in [2.45, 2.75) is 45.6 Å². The molecule has 0 amide bonds. The van der Waals surface area contributed by atoms with E-state index in [9.17, 15) is 0 Å². The monoisotopic (exact) mass is 260 g/mol. The van der Waals surface area contributed by atoms with Crippen molar-refractivity contribution >= 4 is 0 Å². The summed E-state index contributed by atoms with van der Waals surface area (Å²) in [4.78, 5) is 2.66. The van der Waals surface area contributed by atoms with E-state index < -0.39 is 0 Å². The van der Waals surface area contributed by atoms with Crippen molar-refractivity contribution in [3.63, 3.8) is 0 Å². The molecule has 0 spiro atoms. The van der Waals surface area contributed by atoms with Crippen molar-refractivity contribution in [2.24, 2.45) is 11.7 Å². The van der Waals surface area contributed by atoms with Crippen molar-refractivity contribution in [1.82, 2.24) is 4.90 Å². The Bertz CT molecular complexity index is 387. The van der Waals surface area contributed by atoms with E-state index in [4.69, 9.17) is 5.73 Å². The van der Waals surface area contributed by atoms with Gasteiger partial charge in [0.25, 0.3) is 0 Å². The smallest absolute Gasteiger partial charge is 0.0391 e. The number of piperidine rings is 1. The van der Waals surface area contributed by atoms with Crippen LogP contribution in [0.5, 0.6) is 0 Å². The van der Waals surface area contributed by atoms with Crippen LogP contribution < -0.4 is 5.73 Å². The first kappa shape index (κ1) is 14.5. The molecule has 0 aromatic heterocycles. The molecule has 2 unspecified atom stereocenters. The molecular formula is C17H28N2. The fraction of sp³-hybridized carbons (Fsp3) is 0.647. The lowest BCUT2D eigenvalue weighted by Gasteiger charge is -2.42. The van der Waals surface area contributed by atoms with E-state index in [0.717, 1.165) is 13.0 Å². The third kappa shape index (κ3) is 3.18. The molecule has 0 aliphatic carbocycles. The SMILES string of the molecule is CCCN1CCCC(CN)C1c1ccccc1CC. The molecule has 2 heteroatoms. The molecular weight excluding hydrogens is 232 g/mol. The van der Waals surface area contributed by atoms with Gasteiger partial charge in [0, 0.05) is 6.04 Å². The van der Waals surface area contributed by atoms with Crippen LogP contribution in [0.3, 0.4) is 0 Å². The maximum absolute atomic E-state index is 6.05. The maximum Gasteiger partial charge on any atom is 0.0391 e. The molecule has 0 radical (unpaired) electrons. The highest BCUT2D eigenvalue weighted by molar-refractivity contribution is 5.31. The summed E-state index contributed by atoms with van der Waals surface area (Å²) < 4.78 is 0. The minimum absolute atomic E-state index is 0.537. The number of aryl methyl sites for hydroxylation is 1. The highest BCUT2D eigenvalue weighted by atomic mass is 15.2. The molecule has 1 aromatic rings. The van der Waals surface area contributed by atoms with Gasteiger partial charge >= 0.3 is 0 Å². The van der Waals surface area contributed by atoms with E-state index in [1.807, 2.05) is 0 Å². The molecule has 2 N–H and O–H groups in total. The zero-order chi connectivity index (χ0) is 13.7. The molecule has 2 atom stereocenters. The summed E-state index contributed by atoms with van der Waals surface area (Å²) in [6.07, 6.45) is 4.91. The van der Waals surface area contributed by atoms with Crippen molar-refractivity contribution < 1.29 is 0 Å². The summed E-state index contributed by atoms with van der Waals surface area (Å²) in [6, 6.07) is 9.48. The Labute approximate surface area is 118 Å². The molecule has 106 valence electrons. The predicted octanol–water partition coefficient (Wildman–Crippen LogP) is 3.37. The van der Waals surface area contributed by atoms with Crippen molar-refractivity contribution in [3.05, 3.63) is 35.4 Å². The first-order valence-electron chi connectivity index (χ1n) is 7.83. The van der Waals surface area contributed by atoms with Crippen LogP contribution in [0.1, 0.15) is 50.3 Å². The molecule has 2 nitrogen and oxygen atoms in total. The number of nitrogens with two attached hydrogens (primary N) is 1. The average molecular weight is 260 g/mol. The second-order valence-electron chi connectivity index (χ2n) is 5.67. The molecule has 0 bridgehead atoms. The van der Waals surface area contributed by atoms with Gasteiger partial charge in [-0.3, -0.25) is 4.90 Å². The number of benzene rings is 1. The molecule has 0 saturated carbocycles. The first-order valence-corrected chi connectivity index (χ1v) is 7.83. The van der Waals surface area contributed by atoms with Gasteiger partial charge in [0.15, 0.2) is 0 Å². The van der Waals surface area contributed by atoms with Crippen LogP contribution in [0.15, 0.2) is 24.3 Å². The highest BCUT2D eigenvalue weighted by Crippen LogP contribution is 2.37.